The summed E-state index contributed by atoms with van der Waals surface area (Å²) in [5.74, 6) is -0.122. The number of rotatable bonds is 7. The lowest BCUT2D eigenvalue weighted by Gasteiger charge is -2.22. The zero-order chi connectivity index (χ0) is 22.5. The van der Waals surface area contributed by atoms with E-state index in [9.17, 15) is 4.79 Å². The van der Waals surface area contributed by atoms with Gasteiger partial charge in [-0.05, 0) is 28.8 Å². The van der Waals surface area contributed by atoms with Gasteiger partial charge in [-0.3, -0.25) is 4.79 Å². The molecule has 0 aliphatic rings. The van der Waals surface area contributed by atoms with Crippen LogP contribution in [0.1, 0.15) is 40.8 Å². The smallest absolute Gasteiger partial charge is 0.221 e. The highest BCUT2D eigenvalue weighted by molar-refractivity contribution is 5.78. The average Bonchev–Trinajstić information content (AvgIpc) is 3.31. The van der Waals surface area contributed by atoms with Crippen LogP contribution in [0.2, 0.25) is 0 Å². The highest BCUT2D eigenvalue weighted by Gasteiger charge is 2.24. The third kappa shape index (κ3) is 4.55. The van der Waals surface area contributed by atoms with Gasteiger partial charge in [0, 0.05) is 24.7 Å². The lowest BCUT2D eigenvalue weighted by atomic mass is 9.91. The Morgan fingerprint density at radius 2 is 1.27 bits per heavy atom. The molecule has 33 heavy (non-hydrogen) atoms. The molecule has 1 unspecified atom stereocenters. The molecule has 1 atom stereocenters. The van der Waals surface area contributed by atoms with Crippen LogP contribution in [-0.2, 0) is 4.79 Å². The van der Waals surface area contributed by atoms with Crippen molar-refractivity contribution in [1.29, 1.82) is 0 Å². The van der Waals surface area contributed by atoms with E-state index in [0.29, 0.717) is 6.42 Å². The standard InChI is InChI=1S/C29H25N3O/c33-28(31-29(23-14-6-2-7-15-23)24-16-8-3-9-17-24)20-25(22-12-4-1-5-13-22)26-21-30-27-18-10-11-19-32(26)27/h1-19,21,25,29H,20H2,(H,31,33). The molecule has 4 heteroatoms. The number of nitrogens with zero attached hydrogens (tertiary/aromatic N) is 2. The van der Waals surface area contributed by atoms with Gasteiger partial charge < -0.3 is 9.72 Å². The maximum absolute atomic E-state index is 13.5. The second-order valence-corrected chi connectivity index (χ2v) is 8.10. The Labute approximate surface area is 193 Å². The first-order chi connectivity index (χ1) is 16.3. The minimum Gasteiger partial charge on any atom is -0.345 e. The van der Waals surface area contributed by atoms with Crippen LogP contribution in [0.15, 0.2) is 122 Å². The Morgan fingerprint density at radius 1 is 0.727 bits per heavy atom. The van der Waals surface area contributed by atoms with Crippen LogP contribution in [0, 0.1) is 0 Å². The van der Waals surface area contributed by atoms with E-state index in [4.69, 9.17) is 0 Å². The Balaban J connectivity index is 1.47. The summed E-state index contributed by atoms with van der Waals surface area (Å²) in [6, 6.07) is 36.1. The third-order valence-corrected chi connectivity index (χ3v) is 5.97. The molecule has 1 amide bonds. The van der Waals surface area contributed by atoms with Gasteiger partial charge in [-0.15, -0.1) is 0 Å². The van der Waals surface area contributed by atoms with Gasteiger partial charge in [0.05, 0.1) is 11.7 Å². The summed E-state index contributed by atoms with van der Waals surface area (Å²) >= 11 is 0. The molecule has 0 fully saturated rings. The second kappa shape index (κ2) is 9.53. The Kier molecular flexibility index (Phi) is 5.98. The van der Waals surface area contributed by atoms with Crippen LogP contribution in [0.25, 0.3) is 5.65 Å². The summed E-state index contributed by atoms with van der Waals surface area (Å²) in [5.41, 5.74) is 5.09. The predicted octanol–water partition coefficient (Wildman–Crippen LogP) is 5.76. The average molecular weight is 432 g/mol. The largest absolute Gasteiger partial charge is 0.345 e. The van der Waals surface area contributed by atoms with E-state index < -0.39 is 0 Å². The minimum absolute atomic E-state index is 0.00700. The number of nitrogens with one attached hydrogen (secondary N) is 1. The fraction of sp³-hybridized carbons (Fsp3) is 0.103. The predicted molar refractivity (Wildman–Crippen MR) is 131 cm³/mol. The Morgan fingerprint density at radius 3 is 1.88 bits per heavy atom. The molecule has 0 bridgehead atoms. The van der Waals surface area contributed by atoms with Crippen molar-refractivity contribution in [2.75, 3.05) is 0 Å². The van der Waals surface area contributed by atoms with Gasteiger partial charge >= 0.3 is 0 Å². The van der Waals surface area contributed by atoms with E-state index >= 15 is 0 Å². The van der Waals surface area contributed by atoms with E-state index in [1.54, 1.807) is 0 Å². The first-order valence-corrected chi connectivity index (χ1v) is 11.2. The van der Waals surface area contributed by atoms with Crippen molar-refractivity contribution in [1.82, 2.24) is 14.7 Å². The molecule has 0 aliphatic carbocycles. The molecular formula is C29H25N3O. The van der Waals surface area contributed by atoms with Crippen molar-refractivity contribution >= 4 is 11.6 Å². The van der Waals surface area contributed by atoms with E-state index in [1.807, 2.05) is 85.2 Å². The summed E-state index contributed by atoms with van der Waals surface area (Å²) in [6.45, 7) is 0. The maximum atomic E-state index is 13.5. The lowest BCUT2D eigenvalue weighted by Crippen LogP contribution is -2.30. The fourth-order valence-electron chi connectivity index (χ4n) is 4.34. The molecule has 0 aliphatic heterocycles. The number of fused-ring (bicyclic) bond motifs is 1. The monoisotopic (exact) mass is 431 g/mol. The molecule has 0 radical (unpaired) electrons. The van der Waals surface area contributed by atoms with Crippen LogP contribution in [0.4, 0.5) is 0 Å². The van der Waals surface area contributed by atoms with Crippen LogP contribution in [0.3, 0.4) is 0 Å². The number of hydrogen-bond donors (Lipinski definition) is 1. The van der Waals surface area contributed by atoms with Gasteiger partial charge in [0.1, 0.15) is 5.65 Å². The number of benzene rings is 3. The van der Waals surface area contributed by atoms with Crippen molar-refractivity contribution in [3.8, 4) is 0 Å². The van der Waals surface area contributed by atoms with Gasteiger partial charge in [-0.25, -0.2) is 4.98 Å². The molecule has 3 aromatic carbocycles. The molecule has 162 valence electrons. The van der Waals surface area contributed by atoms with Gasteiger partial charge in [0.2, 0.25) is 5.91 Å². The fourth-order valence-corrected chi connectivity index (χ4v) is 4.34. The van der Waals surface area contributed by atoms with Crippen molar-refractivity contribution in [3.05, 3.63) is 144 Å². The van der Waals surface area contributed by atoms with Gasteiger partial charge in [0.15, 0.2) is 0 Å². The highest BCUT2D eigenvalue weighted by Crippen LogP contribution is 2.30. The Bertz CT molecular complexity index is 1290. The summed E-state index contributed by atoms with van der Waals surface area (Å²) in [7, 11) is 0. The molecule has 0 saturated heterocycles. The van der Waals surface area contributed by atoms with Crippen molar-refractivity contribution in [2.45, 2.75) is 18.4 Å². The Hall–Kier alpha value is -4.18. The number of carbonyl (C=O) groups is 1. The van der Waals surface area contributed by atoms with Crippen molar-refractivity contribution < 1.29 is 4.79 Å². The SMILES string of the molecule is O=C(CC(c1ccccc1)c1cnc2ccccn12)NC(c1ccccc1)c1ccccc1. The number of aromatic nitrogens is 2. The normalized spacial score (nSPS) is 12.0. The van der Waals surface area contributed by atoms with E-state index in [-0.39, 0.29) is 17.9 Å². The van der Waals surface area contributed by atoms with Gasteiger partial charge in [0.25, 0.3) is 0 Å². The molecule has 1 N–H and O–H groups in total. The van der Waals surface area contributed by atoms with Crippen LogP contribution in [0.5, 0.6) is 0 Å². The zero-order valence-electron chi connectivity index (χ0n) is 18.2. The third-order valence-electron chi connectivity index (χ3n) is 5.97. The topological polar surface area (TPSA) is 46.4 Å². The molecule has 0 spiro atoms. The second-order valence-electron chi connectivity index (χ2n) is 8.10. The first kappa shape index (κ1) is 20.7. The van der Waals surface area contributed by atoms with Crippen LogP contribution >= 0.6 is 0 Å². The van der Waals surface area contributed by atoms with E-state index in [2.05, 4.69) is 51.1 Å². The first-order valence-electron chi connectivity index (χ1n) is 11.2. The summed E-state index contributed by atoms with van der Waals surface area (Å²) in [4.78, 5) is 18.0. The molecule has 2 heterocycles. The summed E-state index contributed by atoms with van der Waals surface area (Å²) < 4.78 is 2.07. The van der Waals surface area contributed by atoms with Crippen LogP contribution in [-0.4, -0.2) is 15.3 Å². The zero-order valence-corrected chi connectivity index (χ0v) is 18.2. The quantitative estimate of drug-likeness (QED) is 0.356. The van der Waals surface area contributed by atoms with E-state index in [0.717, 1.165) is 28.0 Å². The lowest BCUT2D eigenvalue weighted by molar-refractivity contribution is -0.121. The maximum Gasteiger partial charge on any atom is 0.221 e. The molecule has 0 saturated carbocycles. The summed E-state index contributed by atoms with van der Waals surface area (Å²) in [5, 5.41) is 3.29. The molecule has 5 aromatic rings. The number of amides is 1. The molecule has 5 rings (SSSR count). The minimum atomic E-state index is -0.210. The number of imidazole rings is 1. The summed E-state index contributed by atoms with van der Waals surface area (Å²) in [6.07, 6.45) is 4.21. The highest BCUT2D eigenvalue weighted by atomic mass is 16.1. The van der Waals surface area contributed by atoms with Gasteiger partial charge in [-0.1, -0.05) is 97.1 Å². The van der Waals surface area contributed by atoms with Crippen molar-refractivity contribution in [3.63, 3.8) is 0 Å². The van der Waals surface area contributed by atoms with E-state index in [1.165, 1.54) is 0 Å². The molecular weight excluding hydrogens is 406 g/mol. The molecule has 2 aromatic heterocycles. The van der Waals surface area contributed by atoms with Crippen LogP contribution < -0.4 is 5.32 Å². The molecule has 4 nitrogen and oxygen atoms in total. The number of pyridine rings is 1. The van der Waals surface area contributed by atoms with Gasteiger partial charge in [-0.2, -0.15) is 0 Å². The number of carbonyl (C=O) groups excluding carboxylic acids is 1. The number of hydrogen-bond acceptors (Lipinski definition) is 2. The van der Waals surface area contributed by atoms with Crippen molar-refractivity contribution in [2.24, 2.45) is 0 Å².